The first-order chi connectivity index (χ1) is 8.80. The third-order valence-electron chi connectivity index (χ3n) is 2.82. The Morgan fingerprint density at radius 1 is 1.22 bits per heavy atom. The molecule has 18 heavy (non-hydrogen) atoms. The van der Waals surface area contributed by atoms with Gasteiger partial charge in [0.05, 0.1) is 9.90 Å². The van der Waals surface area contributed by atoms with Crippen molar-refractivity contribution in [2.24, 2.45) is 5.73 Å². The summed E-state index contributed by atoms with van der Waals surface area (Å²) in [4.78, 5) is 0. The van der Waals surface area contributed by atoms with E-state index in [9.17, 15) is 0 Å². The largest absolute Gasteiger partial charge is 0.326 e. The second-order valence-corrected chi connectivity index (χ2v) is 6.09. The number of hydrogen-bond acceptors (Lipinski definition) is 5. The highest BCUT2D eigenvalue weighted by atomic mass is 32.2. The van der Waals surface area contributed by atoms with Crippen LogP contribution in [0.3, 0.4) is 0 Å². The highest BCUT2D eigenvalue weighted by Gasteiger charge is 2.14. The molecule has 0 radical (unpaired) electrons. The van der Waals surface area contributed by atoms with Gasteiger partial charge >= 0.3 is 0 Å². The monoisotopic (exact) mass is 279 g/mol. The first kappa shape index (κ1) is 13.5. The normalized spacial score (nSPS) is 10.8. The zero-order chi connectivity index (χ0) is 13.0. The number of aryl methyl sites for hydroxylation is 1. The highest BCUT2D eigenvalue weighted by Crippen LogP contribution is 2.33. The number of thiophene rings is 1. The van der Waals surface area contributed by atoms with Gasteiger partial charge in [-0.1, -0.05) is 31.7 Å². The number of nitrogens with two attached hydrogens (primary N) is 1. The average molecular weight is 279 g/mol. The zero-order valence-electron chi connectivity index (χ0n) is 10.6. The standard InChI is InChI=1S/C13H17N3S2/c1-3-9-10(8-14)13(16-15-11(9)4-2)18-12-6-5-7-17-12/h5-7H,3-4,8,14H2,1-2H3. The number of hydrogen-bond donors (Lipinski definition) is 1. The van der Waals surface area contributed by atoms with Gasteiger partial charge in [0.15, 0.2) is 0 Å². The van der Waals surface area contributed by atoms with Crippen LogP contribution in [0.25, 0.3) is 0 Å². The van der Waals surface area contributed by atoms with Crippen molar-refractivity contribution in [3.8, 4) is 0 Å². The van der Waals surface area contributed by atoms with Gasteiger partial charge in [-0.05, 0) is 29.9 Å². The minimum Gasteiger partial charge on any atom is -0.326 e. The predicted octanol–water partition coefficient (Wildman–Crippen LogP) is 3.27. The molecule has 0 fully saturated rings. The molecule has 0 aliphatic rings. The fraction of sp³-hybridized carbons (Fsp3) is 0.385. The molecule has 2 heterocycles. The van der Waals surface area contributed by atoms with Crippen molar-refractivity contribution in [3.05, 3.63) is 34.3 Å². The summed E-state index contributed by atoms with van der Waals surface area (Å²) in [5.41, 5.74) is 9.41. The SMILES string of the molecule is CCc1nnc(Sc2cccs2)c(CN)c1CC. The van der Waals surface area contributed by atoms with E-state index in [4.69, 9.17) is 5.73 Å². The zero-order valence-corrected chi connectivity index (χ0v) is 12.3. The Morgan fingerprint density at radius 3 is 2.61 bits per heavy atom. The first-order valence-corrected chi connectivity index (χ1v) is 7.78. The molecule has 0 saturated carbocycles. The minimum atomic E-state index is 0.527. The fourth-order valence-electron chi connectivity index (χ4n) is 1.94. The van der Waals surface area contributed by atoms with Crippen molar-refractivity contribution in [2.75, 3.05) is 0 Å². The average Bonchev–Trinajstić information content (AvgIpc) is 2.90. The van der Waals surface area contributed by atoms with E-state index in [0.717, 1.165) is 29.1 Å². The molecule has 0 spiro atoms. The van der Waals surface area contributed by atoms with Crippen LogP contribution in [0.5, 0.6) is 0 Å². The van der Waals surface area contributed by atoms with E-state index in [2.05, 4.69) is 35.5 Å². The molecule has 0 bridgehead atoms. The lowest BCUT2D eigenvalue weighted by Crippen LogP contribution is -2.10. The molecule has 0 unspecified atom stereocenters. The summed E-state index contributed by atoms with van der Waals surface area (Å²) in [5.74, 6) is 0. The molecular weight excluding hydrogens is 262 g/mol. The molecule has 2 rings (SSSR count). The maximum Gasteiger partial charge on any atom is 0.129 e. The van der Waals surface area contributed by atoms with Gasteiger partial charge in [0.25, 0.3) is 0 Å². The van der Waals surface area contributed by atoms with Crippen molar-refractivity contribution < 1.29 is 0 Å². The van der Waals surface area contributed by atoms with Crippen LogP contribution in [0.1, 0.15) is 30.7 Å². The molecule has 0 aromatic carbocycles. The summed E-state index contributed by atoms with van der Waals surface area (Å²) in [6.45, 7) is 4.78. The Kier molecular flexibility index (Phi) is 4.74. The quantitative estimate of drug-likeness (QED) is 0.912. The Bertz CT molecular complexity index is 509. The maximum atomic E-state index is 5.90. The molecule has 0 amide bonds. The summed E-state index contributed by atoms with van der Waals surface area (Å²) in [7, 11) is 0. The van der Waals surface area contributed by atoms with Gasteiger partial charge < -0.3 is 5.73 Å². The van der Waals surface area contributed by atoms with Gasteiger partial charge in [0, 0.05) is 12.1 Å². The maximum absolute atomic E-state index is 5.90. The van der Waals surface area contributed by atoms with Crippen LogP contribution in [-0.4, -0.2) is 10.2 Å². The molecule has 0 aliphatic carbocycles. The molecule has 0 saturated heterocycles. The molecule has 3 nitrogen and oxygen atoms in total. The van der Waals surface area contributed by atoms with E-state index in [1.807, 2.05) is 6.07 Å². The molecule has 0 atom stereocenters. The summed E-state index contributed by atoms with van der Waals surface area (Å²) in [5, 5.41) is 11.7. The smallest absolute Gasteiger partial charge is 0.129 e. The van der Waals surface area contributed by atoms with Crippen molar-refractivity contribution in [2.45, 2.75) is 42.5 Å². The molecular formula is C13H17N3S2. The highest BCUT2D eigenvalue weighted by molar-refractivity contribution is 8.01. The van der Waals surface area contributed by atoms with E-state index in [-0.39, 0.29) is 0 Å². The van der Waals surface area contributed by atoms with Gasteiger partial charge in [-0.3, -0.25) is 0 Å². The molecule has 2 N–H and O–H groups in total. The lowest BCUT2D eigenvalue weighted by molar-refractivity contribution is 0.782. The van der Waals surface area contributed by atoms with E-state index in [1.165, 1.54) is 9.77 Å². The van der Waals surface area contributed by atoms with Crippen molar-refractivity contribution >= 4 is 23.1 Å². The summed E-state index contributed by atoms with van der Waals surface area (Å²) in [6.07, 6.45) is 1.87. The third-order valence-corrected chi connectivity index (χ3v) is 4.88. The van der Waals surface area contributed by atoms with Crippen LogP contribution < -0.4 is 5.73 Å². The Balaban J connectivity index is 2.41. The number of aromatic nitrogens is 2. The van der Waals surface area contributed by atoms with E-state index in [0.29, 0.717) is 6.54 Å². The topological polar surface area (TPSA) is 51.8 Å². The number of rotatable bonds is 5. The van der Waals surface area contributed by atoms with Crippen LogP contribution in [0, 0.1) is 0 Å². The lowest BCUT2D eigenvalue weighted by atomic mass is 10.0. The van der Waals surface area contributed by atoms with E-state index < -0.39 is 0 Å². The fourth-order valence-corrected chi connectivity index (χ4v) is 3.73. The van der Waals surface area contributed by atoms with Crippen molar-refractivity contribution in [1.82, 2.24) is 10.2 Å². The van der Waals surface area contributed by atoms with Gasteiger partial charge in [-0.2, -0.15) is 5.10 Å². The Morgan fingerprint density at radius 2 is 2.06 bits per heavy atom. The third kappa shape index (κ3) is 2.74. The summed E-state index contributed by atoms with van der Waals surface area (Å²) in [6, 6.07) is 4.14. The molecule has 2 aromatic rings. The minimum absolute atomic E-state index is 0.527. The second-order valence-electron chi connectivity index (χ2n) is 3.85. The molecule has 0 aliphatic heterocycles. The van der Waals surface area contributed by atoms with Crippen LogP contribution in [-0.2, 0) is 19.4 Å². The van der Waals surface area contributed by atoms with Crippen LogP contribution >= 0.6 is 23.1 Å². The predicted molar refractivity (Wildman–Crippen MR) is 77.1 cm³/mol. The first-order valence-electron chi connectivity index (χ1n) is 6.08. The second kappa shape index (κ2) is 6.31. The molecule has 96 valence electrons. The van der Waals surface area contributed by atoms with E-state index >= 15 is 0 Å². The van der Waals surface area contributed by atoms with Crippen LogP contribution in [0.2, 0.25) is 0 Å². The van der Waals surface area contributed by atoms with Gasteiger partial charge in [0.1, 0.15) is 5.03 Å². The van der Waals surface area contributed by atoms with Gasteiger partial charge in [-0.25, -0.2) is 0 Å². The van der Waals surface area contributed by atoms with Crippen molar-refractivity contribution in [1.29, 1.82) is 0 Å². The Labute approximate surface area is 116 Å². The van der Waals surface area contributed by atoms with E-state index in [1.54, 1.807) is 23.1 Å². The van der Waals surface area contributed by atoms with Gasteiger partial charge in [-0.15, -0.1) is 16.4 Å². The molecule has 2 aromatic heterocycles. The number of nitrogens with zero attached hydrogens (tertiary/aromatic N) is 2. The van der Waals surface area contributed by atoms with Gasteiger partial charge in [0.2, 0.25) is 0 Å². The summed E-state index contributed by atoms with van der Waals surface area (Å²) >= 11 is 3.37. The van der Waals surface area contributed by atoms with Crippen LogP contribution in [0.4, 0.5) is 0 Å². The van der Waals surface area contributed by atoms with Crippen LogP contribution in [0.15, 0.2) is 26.7 Å². The summed E-state index contributed by atoms with van der Waals surface area (Å²) < 4.78 is 1.23. The van der Waals surface area contributed by atoms with Crippen molar-refractivity contribution in [3.63, 3.8) is 0 Å². The Hall–Kier alpha value is -0.910. The lowest BCUT2D eigenvalue weighted by Gasteiger charge is -2.12. The molecule has 5 heteroatoms.